The first-order valence-corrected chi connectivity index (χ1v) is 15.4. The molecular formula is C32H35Cl2F6N3OS. The highest BCUT2D eigenvalue weighted by molar-refractivity contribution is 7.99. The van der Waals surface area contributed by atoms with Crippen LogP contribution in [-0.2, 0) is 18.8 Å². The molecule has 0 spiro atoms. The highest BCUT2D eigenvalue weighted by Gasteiger charge is 2.39. The first-order valence-electron chi connectivity index (χ1n) is 14.2. The molecule has 2 aliphatic heterocycles. The Bertz CT molecular complexity index is 1430. The van der Waals surface area contributed by atoms with E-state index in [1.54, 1.807) is 0 Å². The van der Waals surface area contributed by atoms with Crippen LogP contribution >= 0.6 is 36.6 Å². The summed E-state index contributed by atoms with van der Waals surface area (Å²) in [7, 11) is 0. The number of amides is 1. The average Bonchev–Trinajstić information content (AvgIpc) is 2.98. The van der Waals surface area contributed by atoms with Gasteiger partial charge in [0.2, 0.25) is 0 Å². The molecule has 0 aliphatic carbocycles. The molecule has 13 heteroatoms. The number of nitrogens with zero attached hydrogens (tertiary/aromatic N) is 3. The van der Waals surface area contributed by atoms with E-state index in [9.17, 15) is 31.1 Å². The maximum atomic E-state index is 13.7. The predicted molar refractivity (Wildman–Crippen MR) is 173 cm³/mol. The Kier molecular flexibility index (Phi) is 13.1. The molecule has 2 saturated heterocycles. The third kappa shape index (κ3) is 9.78. The largest absolute Gasteiger partial charge is 0.416 e. The van der Waals surface area contributed by atoms with Crippen LogP contribution in [0.4, 0.5) is 26.3 Å². The summed E-state index contributed by atoms with van der Waals surface area (Å²) < 4.78 is 81.3. The summed E-state index contributed by atoms with van der Waals surface area (Å²) in [6.45, 7) is 4.68. The molecule has 2 aliphatic rings. The molecule has 3 aromatic carbocycles. The van der Waals surface area contributed by atoms with Crippen LogP contribution in [0, 0.1) is 0 Å². The highest BCUT2D eigenvalue weighted by atomic mass is 35.5. The van der Waals surface area contributed by atoms with Crippen molar-refractivity contribution in [2.75, 3.05) is 57.3 Å². The van der Waals surface area contributed by atoms with Crippen LogP contribution in [-0.4, -0.2) is 84.0 Å². The molecule has 5 rings (SSSR count). The second-order valence-corrected chi connectivity index (χ2v) is 12.2. The van der Waals surface area contributed by atoms with E-state index in [0.29, 0.717) is 38.2 Å². The van der Waals surface area contributed by atoms with Crippen LogP contribution < -0.4 is 0 Å². The van der Waals surface area contributed by atoms with Gasteiger partial charge in [0.05, 0.1) is 11.1 Å². The lowest BCUT2D eigenvalue weighted by molar-refractivity contribution is -0.143. The van der Waals surface area contributed by atoms with Crippen LogP contribution in [0.2, 0.25) is 0 Å². The molecule has 1 atom stereocenters. The Labute approximate surface area is 275 Å². The fourth-order valence-electron chi connectivity index (χ4n) is 5.64. The molecule has 0 radical (unpaired) electrons. The molecule has 2 heterocycles. The zero-order valence-electron chi connectivity index (χ0n) is 24.3. The number of hydrogen-bond donors (Lipinski definition) is 0. The summed E-state index contributed by atoms with van der Waals surface area (Å²) in [4.78, 5) is 19.7. The lowest BCUT2D eigenvalue weighted by atomic mass is 9.97. The van der Waals surface area contributed by atoms with Crippen LogP contribution in [0.25, 0.3) is 10.8 Å². The summed E-state index contributed by atoms with van der Waals surface area (Å²) >= 11 is 1.95. The van der Waals surface area contributed by atoms with Crippen molar-refractivity contribution in [1.82, 2.24) is 14.7 Å². The first-order chi connectivity index (χ1) is 20.5. The number of halogens is 8. The third-order valence-electron chi connectivity index (χ3n) is 7.95. The number of piperazine rings is 1. The van der Waals surface area contributed by atoms with E-state index in [0.717, 1.165) is 47.5 Å². The van der Waals surface area contributed by atoms with Gasteiger partial charge in [-0.05, 0) is 41.0 Å². The molecule has 0 unspecified atom stereocenters. The van der Waals surface area contributed by atoms with Crippen LogP contribution in [0.3, 0.4) is 0 Å². The summed E-state index contributed by atoms with van der Waals surface area (Å²) in [6, 6.07) is 14.4. The van der Waals surface area contributed by atoms with Gasteiger partial charge in [-0.3, -0.25) is 14.6 Å². The van der Waals surface area contributed by atoms with Crippen LogP contribution in [0.5, 0.6) is 0 Å². The van der Waals surface area contributed by atoms with Gasteiger partial charge < -0.3 is 4.90 Å². The van der Waals surface area contributed by atoms with Crippen molar-refractivity contribution in [1.29, 1.82) is 0 Å². The zero-order valence-corrected chi connectivity index (χ0v) is 26.8. The Morgan fingerprint density at radius 3 is 1.98 bits per heavy atom. The molecule has 0 aromatic heterocycles. The van der Waals surface area contributed by atoms with Crippen molar-refractivity contribution < 1.29 is 31.1 Å². The minimum Gasteiger partial charge on any atom is -0.333 e. The van der Waals surface area contributed by atoms with Crippen molar-refractivity contribution in [3.05, 3.63) is 95.1 Å². The molecular weight excluding hydrogens is 659 g/mol. The minimum atomic E-state index is -5.03. The SMILES string of the molecule is Cl.Cl.O=C(c1cc(C(F)(F)F)cc(C(F)(F)F)c1)N1CCN(C/C=C/CN2CCSCC2)C[C@H]1Cc1ccc2ccccc2c1. The second-order valence-electron chi connectivity index (χ2n) is 11.0. The maximum absolute atomic E-state index is 13.7. The molecule has 45 heavy (non-hydrogen) atoms. The Balaban J connectivity index is 0.00000276. The van der Waals surface area contributed by atoms with Crippen molar-refractivity contribution in [2.24, 2.45) is 0 Å². The van der Waals surface area contributed by atoms with Crippen LogP contribution in [0.1, 0.15) is 27.0 Å². The Morgan fingerprint density at radius 2 is 1.36 bits per heavy atom. The van der Waals surface area contributed by atoms with Gasteiger partial charge in [-0.1, -0.05) is 54.6 Å². The predicted octanol–water partition coefficient (Wildman–Crippen LogP) is 7.70. The molecule has 1 amide bonds. The lowest BCUT2D eigenvalue weighted by Crippen LogP contribution is -2.56. The number of alkyl halides is 6. The van der Waals surface area contributed by atoms with Gasteiger partial charge in [0.1, 0.15) is 0 Å². The van der Waals surface area contributed by atoms with Gasteiger partial charge in [0, 0.05) is 68.9 Å². The maximum Gasteiger partial charge on any atom is 0.416 e. The third-order valence-corrected chi connectivity index (χ3v) is 8.89. The fourth-order valence-corrected chi connectivity index (χ4v) is 6.62. The molecule has 0 bridgehead atoms. The van der Waals surface area contributed by atoms with E-state index >= 15 is 0 Å². The van der Waals surface area contributed by atoms with E-state index in [2.05, 4.69) is 22.0 Å². The quantitative estimate of drug-likeness (QED) is 0.187. The smallest absolute Gasteiger partial charge is 0.333 e. The van der Waals surface area contributed by atoms with Crippen molar-refractivity contribution in [2.45, 2.75) is 24.8 Å². The molecule has 4 nitrogen and oxygen atoms in total. The second kappa shape index (κ2) is 15.9. The van der Waals surface area contributed by atoms with Crippen molar-refractivity contribution in [3.8, 4) is 0 Å². The number of hydrogen-bond acceptors (Lipinski definition) is 4. The Hall–Kier alpha value is -2.44. The molecule has 0 saturated carbocycles. The highest BCUT2D eigenvalue weighted by Crippen LogP contribution is 2.37. The van der Waals surface area contributed by atoms with Gasteiger partial charge >= 0.3 is 12.4 Å². The minimum absolute atomic E-state index is 0. The molecule has 2 fully saturated rings. The fraction of sp³-hybridized carbons (Fsp3) is 0.406. The molecule has 0 N–H and O–H groups in total. The lowest BCUT2D eigenvalue weighted by Gasteiger charge is -2.41. The Morgan fingerprint density at radius 1 is 0.756 bits per heavy atom. The van der Waals surface area contributed by atoms with Crippen molar-refractivity contribution >= 4 is 53.3 Å². The van der Waals surface area contributed by atoms with Crippen molar-refractivity contribution in [3.63, 3.8) is 0 Å². The zero-order chi connectivity index (χ0) is 30.6. The number of carbonyl (C=O) groups is 1. The summed E-state index contributed by atoms with van der Waals surface area (Å²) in [5, 5.41) is 2.06. The van der Waals surface area contributed by atoms with E-state index < -0.39 is 41.0 Å². The molecule has 3 aromatic rings. The first kappa shape index (κ1) is 37.0. The van der Waals surface area contributed by atoms with E-state index in [4.69, 9.17) is 0 Å². The van der Waals surface area contributed by atoms with Gasteiger partial charge in [-0.2, -0.15) is 38.1 Å². The molecule has 246 valence electrons. The number of benzene rings is 3. The average molecular weight is 695 g/mol. The van der Waals surface area contributed by atoms with Gasteiger partial charge in [-0.25, -0.2) is 0 Å². The standard InChI is InChI=1S/C32H33F6N3OS.2ClH/c33-31(34,35)27-19-26(20-28(21-27)32(36,37)38)30(42)41-12-11-40(10-4-3-9-39-13-15-43-16-14-39)22-29(41)18-23-7-8-24-5-1-2-6-25(24)17-23;;/h1-8,17,19-21,29H,9-16,18,22H2;2*1H/b4-3+;;/t29-;;/m1../s1. The van der Waals surface area contributed by atoms with E-state index in [1.807, 2.05) is 54.2 Å². The normalized spacial score (nSPS) is 18.5. The van der Waals surface area contributed by atoms with E-state index in [1.165, 1.54) is 4.90 Å². The van der Waals surface area contributed by atoms with Gasteiger partial charge in [-0.15, -0.1) is 24.8 Å². The summed E-state index contributed by atoms with van der Waals surface area (Å²) in [6.07, 6.45) is -5.42. The summed E-state index contributed by atoms with van der Waals surface area (Å²) in [5.74, 6) is 1.41. The monoisotopic (exact) mass is 693 g/mol. The number of carbonyl (C=O) groups excluding carboxylic acids is 1. The topological polar surface area (TPSA) is 26.8 Å². The van der Waals surface area contributed by atoms with Gasteiger partial charge in [0.25, 0.3) is 5.91 Å². The summed E-state index contributed by atoms with van der Waals surface area (Å²) in [5.41, 5.74) is -2.67. The number of fused-ring (bicyclic) bond motifs is 1. The number of rotatable bonds is 7. The van der Waals surface area contributed by atoms with Crippen LogP contribution in [0.15, 0.2) is 72.8 Å². The number of thioether (sulfide) groups is 1. The van der Waals surface area contributed by atoms with Gasteiger partial charge in [0.15, 0.2) is 0 Å². The van der Waals surface area contributed by atoms with E-state index in [-0.39, 0.29) is 37.4 Å².